The van der Waals surface area contributed by atoms with Gasteiger partial charge in [-0.1, -0.05) is 12.1 Å². The van der Waals surface area contributed by atoms with E-state index in [0.717, 1.165) is 5.56 Å². The molecule has 4 N–H and O–H groups in total. The van der Waals surface area contributed by atoms with Crippen molar-refractivity contribution in [2.75, 3.05) is 0 Å². The number of hydrogen-bond donors (Lipinski definition) is 3. The number of carbonyl (C=O) groups is 1. The lowest BCUT2D eigenvalue weighted by Gasteiger charge is -2.38. The van der Waals surface area contributed by atoms with Gasteiger partial charge in [0.25, 0.3) is 5.91 Å². The average molecular weight is 250 g/mol. The molecule has 1 rings (SSSR count). The van der Waals surface area contributed by atoms with Crippen LogP contribution in [0, 0.1) is 0 Å². The molecule has 0 radical (unpaired) electrons. The Morgan fingerprint density at radius 3 is 2.11 bits per heavy atom. The van der Waals surface area contributed by atoms with Crippen molar-refractivity contribution in [2.24, 2.45) is 5.73 Å². The van der Waals surface area contributed by atoms with E-state index in [1.54, 1.807) is 39.8 Å². The third-order valence-corrected chi connectivity index (χ3v) is 3.41. The molecule has 0 aromatic heterocycles. The highest BCUT2D eigenvalue weighted by molar-refractivity contribution is 5.94. The number of hydrogen-bond acceptors (Lipinski definition) is 3. The van der Waals surface area contributed by atoms with E-state index < -0.39 is 11.1 Å². The first-order valence-electron chi connectivity index (χ1n) is 6.01. The number of benzene rings is 1. The maximum Gasteiger partial charge on any atom is 0.251 e. The number of amides is 1. The third kappa shape index (κ3) is 3.31. The van der Waals surface area contributed by atoms with Crippen molar-refractivity contribution in [3.05, 3.63) is 35.4 Å². The number of carbonyl (C=O) groups excluding carboxylic acids is 1. The highest BCUT2D eigenvalue weighted by atomic mass is 16.3. The van der Waals surface area contributed by atoms with Gasteiger partial charge < -0.3 is 16.2 Å². The predicted octanol–water partition coefficient (Wildman–Crippen LogP) is 1.42. The largest absolute Gasteiger partial charge is 0.388 e. The molecule has 1 aromatic rings. The summed E-state index contributed by atoms with van der Waals surface area (Å²) in [5.41, 5.74) is 5.33. The molecule has 0 spiro atoms. The number of nitrogens with two attached hydrogens (primary N) is 1. The topological polar surface area (TPSA) is 75.3 Å². The van der Waals surface area contributed by atoms with Crippen LogP contribution < -0.4 is 11.1 Å². The highest BCUT2D eigenvalue weighted by Crippen LogP contribution is 2.21. The Morgan fingerprint density at radius 1 is 1.22 bits per heavy atom. The molecule has 0 atom stereocenters. The van der Waals surface area contributed by atoms with Crippen LogP contribution in [0.1, 0.15) is 43.6 Å². The number of aliphatic hydroxyl groups is 1. The smallest absolute Gasteiger partial charge is 0.251 e. The lowest BCUT2D eigenvalue weighted by molar-refractivity contribution is -0.00292. The summed E-state index contributed by atoms with van der Waals surface area (Å²) in [4.78, 5) is 12.1. The van der Waals surface area contributed by atoms with Gasteiger partial charge in [0.2, 0.25) is 0 Å². The first kappa shape index (κ1) is 14.7. The van der Waals surface area contributed by atoms with Crippen LogP contribution in [0.25, 0.3) is 0 Å². The summed E-state index contributed by atoms with van der Waals surface area (Å²) >= 11 is 0. The molecule has 0 heterocycles. The van der Waals surface area contributed by atoms with Gasteiger partial charge in [0.1, 0.15) is 0 Å². The molecule has 4 heteroatoms. The second-order valence-corrected chi connectivity index (χ2v) is 5.54. The molecule has 0 aliphatic heterocycles. The van der Waals surface area contributed by atoms with Gasteiger partial charge in [-0.15, -0.1) is 0 Å². The fraction of sp³-hybridized carbons (Fsp3) is 0.500. The summed E-state index contributed by atoms with van der Waals surface area (Å²) in [7, 11) is 0. The summed E-state index contributed by atoms with van der Waals surface area (Å²) in [5.74, 6) is -0.203. The normalized spacial score (nSPS) is 12.3. The predicted molar refractivity (Wildman–Crippen MR) is 72.2 cm³/mol. The van der Waals surface area contributed by atoms with Gasteiger partial charge in [-0.25, -0.2) is 0 Å². The molecule has 0 aliphatic rings. The molecule has 1 amide bonds. The summed E-state index contributed by atoms with van der Waals surface area (Å²) in [5, 5.41) is 12.8. The Labute approximate surface area is 108 Å². The maximum absolute atomic E-state index is 12.1. The lowest BCUT2D eigenvalue weighted by Crippen LogP contribution is -2.57. The Bertz CT molecular complexity index is 416. The van der Waals surface area contributed by atoms with Gasteiger partial charge in [0.05, 0.1) is 11.1 Å². The highest BCUT2D eigenvalue weighted by Gasteiger charge is 2.36. The minimum Gasteiger partial charge on any atom is -0.388 e. The monoisotopic (exact) mass is 250 g/mol. The first-order chi connectivity index (χ1) is 8.17. The van der Waals surface area contributed by atoms with E-state index in [2.05, 4.69) is 5.32 Å². The zero-order chi connectivity index (χ0) is 14.0. The molecule has 0 bridgehead atoms. The molecule has 1 aromatic carbocycles. The van der Waals surface area contributed by atoms with E-state index in [1.807, 2.05) is 12.1 Å². The Hall–Kier alpha value is -1.39. The Kier molecular flexibility index (Phi) is 4.14. The van der Waals surface area contributed by atoms with Crippen LogP contribution in [-0.4, -0.2) is 22.2 Å². The molecular weight excluding hydrogens is 228 g/mol. The molecule has 0 saturated carbocycles. The number of nitrogens with one attached hydrogen (secondary N) is 1. The molecule has 0 aliphatic carbocycles. The van der Waals surface area contributed by atoms with E-state index in [0.29, 0.717) is 12.1 Å². The fourth-order valence-corrected chi connectivity index (χ4v) is 1.30. The SMILES string of the molecule is CC(C)(O)C(C)(C)NC(=O)c1ccc(CN)cc1. The average Bonchev–Trinajstić information content (AvgIpc) is 2.27. The summed E-state index contributed by atoms with van der Waals surface area (Å²) in [6, 6.07) is 7.12. The Morgan fingerprint density at radius 2 is 1.72 bits per heavy atom. The summed E-state index contributed by atoms with van der Waals surface area (Å²) in [6.45, 7) is 7.38. The quantitative estimate of drug-likeness (QED) is 0.756. The second kappa shape index (κ2) is 5.08. The van der Waals surface area contributed by atoms with Gasteiger partial charge in [-0.05, 0) is 45.4 Å². The van der Waals surface area contributed by atoms with Crippen LogP contribution in [0.4, 0.5) is 0 Å². The maximum atomic E-state index is 12.1. The van der Waals surface area contributed by atoms with Crippen LogP contribution in [0.5, 0.6) is 0 Å². The zero-order valence-electron chi connectivity index (χ0n) is 11.4. The van der Waals surface area contributed by atoms with Gasteiger partial charge >= 0.3 is 0 Å². The van der Waals surface area contributed by atoms with Gasteiger partial charge in [0.15, 0.2) is 0 Å². The molecule has 18 heavy (non-hydrogen) atoms. The van der Waals surface area contributed by atoms with E-state index in [9.17, 15) is 9.90 Å². The lowest BCUT2D eigenvalue weighted by atomic mass is 9.85. The third-order valence-electron chi connectivity index (χ3n) is 3.41. The van der Waals surface area contributed by atoms with Crippen molar-refractivity contribution in [3.8, 4) is 0 Å². The fourth-order valence-electron chi connectivity index (χ4n) is 1.30. The standard InChI is InChI=1S/C14H22N2O2/c1-13(2,14(3,4)18)16-12(17)11-7-5-10(9-15)6-8-11/h5-8,18H,9,15H2,1-4H3,(H,16,17). The summed E-state index contributed by atoms with van der Waals surface area (Å²) in [6.07, 6.45) is 0. The molecule has 0 fully saturated rings. The van der Waals surface area contributed by atoms with E-state index in [1.165, 1.54) is 0 Å². The minimum absolute atomic E-state index is 0.203. The molecule has 0 saturated heterocycles. The van der Waals surface area contributed by atoms with Gasteiger partial charge in [-0.2, -0.15) is 0 Å². The van der Waals surface area contributed by atoms with Gasteiger partial charge in [-0.3, -0.25) is 4.79 Å². The molecular formula is C14H22N2O2. The molecule has 100 valence electrons. The second-order valence-electron chi connectivity index (χ2n) is 5.54. The van der Waals surface area contributed by atoms with Crippen molar-refractivity contribution in [2.45, 2.75) is 45.4 Å². The number of rotatable bonds is 4. The van der Waals surface area contributed by atoms with Crippen molar-refractivity contribution in [3.63, 3.8) is 0 Å². The molecule has 0 unspecified atom stereocenters. The van der Waals surface area contributed by atoms with Crippen LogP contribution in [0.2, 0.25) is 0 Å². The van der Waals surface area contributed by atoms with Crippen LogP contribution >= 0.6 is 0 Å². The zero-order valence-corrected chi connectivity index (χ0v) is 11.4. The van der Waals surface area contributed by atoms with Crippen molar-refractivity contribution >= 4 is 5.91 Å². The van der Waals surface area contributed by atoms with E-state index in [4.69, 9.17) is 5.73 Å². The van der Waals surface area contributed by atoms with E-state index >= 15 is 0 Å². The van der Waals surface area contributed by atoms with Crippen LogP contribution in [0.3, 0.4) is 0 Å². The van der Waals surface area contributed by atoms with Crippen LogP contribution in [-0.2, 0) is 6.54 Å². The van der Waals surface area contributed by atoms with E-state index in [-0.39, 0.29) is 5.91 Å². The summed E-state index contributed by atoms with van der Waals surface area (Å²) < 4.78 is 0. The van der Waals surface area contributed by atoms with Crippen LogP contribution in [0.15, 0.2) is 24.3 Å². The Balaban J connectivity index is 2.82. The van der Waals surface area contributed by atoms with Crippen molar-refractivity contribution in [1.82, 2.24) is 5.32 Å². The molecule has 4 nitrogen and oxygen atoms in total. The first-order valence-corrected chi connectivity index (χ1v) is 6.01. The minimum atomic E-state index is -1.00. The van der Waals surface area contributed by atoms with Crippen molar-refractivity contribution < 1.29 is 9.90 Å². The van der Waals surface area contributed by atoms with Gasteiger partial charge in [0, 0.05) is 12.1 Å². The van der Waals surface area contributed by atoms with Crippen molar-refractivity contribution in [1.29, 1.82) is 0 Å².